The van der Waals surface area contributed by atoms with Crippen molar-refractivity contribution in [2.75, 3.05) is 20.1 Å². The summed E-state index contributed by atoms with van der Waals surface area (Å²) in [7, 11) is 1.78. The van der Waals surface area contributed by atoms with Crippen molar-refractivity contribution < 1.29 is 4.79 Å². The summed E-state index contributed by atoms with van der Waals surface area (Å²) in [5.41, 5.74) is 12.7. The summed E-state index contributed by atoms with van der Waals surface area (Å²) in [4.78, 5) is 13.9. The lowest BCUT2D eigenvalue weighted by Crippen LogP contribution is -2.47. The third kappa shape index (κ3) is 5.01. The van der Waals surface area contributed by atoms with Gasteiger partial charge >= 0.3 is 0 Å². The Morgan fingerprint density at radius 1 is 1.32 bits per heavy atom. The van der Waals surface area contributed by atoms with Gasteiger partial charge in [-0.2, -0.15) is 0 Å². The average molecular weight is 263 g/mol. The Morgan fingerprint density at radius 2 is 1.89 bits per heavy atom. The van der Waals surface area contributed by atoms with Gasteiger partial charge in [0.25, 0.3) is 0 Å². The number of likely N-dealkylation sites (N-methyl/N-ethyl adjacent to an activating group) is 1. The molecule has 106 valence electrons. The van der Waals surface area contributed by atoms with Crippen LogP contribution in [-0.4, -0.2) is 37.0 Å². The van der Waals surface area contributed by atoms with E-state index in [9.17, 15) is 4.79 Å². The largest absolute Gasteiger partial charge is 0.344 e. The molecule has 1 aromatic carbocycles. The summed E-state index contributed by atoms with van der Waals surface area (Å²) in [5, 5.41) is 0. The number of benzene rings is 1. The normalized spacial score (nSPS) is 13.1. The number of rotatable bonds is 6. The van der Waals surface area contributed by atoms with Crippen LogP contribution in [0.1, 0.15) is 19.4 Å². The first-order chi connectivity index (χ1) is 8.85. The summed E-state index contributed by atoms with van der Waals surface area (Å²) >= 11 is 0. The van der Waals surface area contributed by atoms with Gasteiger partial charge in [0.2, 0.25) is 5.91 Å². The fourth-order valence-corrected chi connectivity index (χ4v) is 2.02. The second-order valence-corrected chi connectivity index (χ2v) is 5.86. The molecule has 0 saturated carbocycles. The van der Waals surface area contributed by atoms with Crippen molar-refractivity contribution in [2.24, 2.45) is 16.9 Å². The van der Waals surface area contributed by atoms with E-state index in [1.807, 2.05) is 44.2 Å². The first-order valence-electron chi connectivity index (χ1n) is 6.60. The van der Waals surface area contributed by atoms with Crippen LogP contribution in [0.15, 0.2) is 30.3 Å². The predicted molar refractivity (Wildman–Crippen MR) is 78.6 cm³/mol. The van der Waals surface area contributed by atoms with E-state index in [-0.39, 0.29) is 11.3 Å². The smallest absolute Gasteiger partial charge is 0.239 e. The van der Waals surface area contributed by atoms with Crippen molar-refractivity contribution in [3.63, 3.8) is 0 Å². The molecule has 0 radical (unpaired) electrons. The molecule has 1 atom stereocenters. The molecule has 4 heteroatoms. The van der Waals surface area contributed by atoms with Gasteiger partial charge in [0.05, 0.1) is 6.04 Å². The highest BCUT2D eigenvalue weighted by atomic mass is 16.2. The van der Waals surface area contributed by atoms with Crippen LogP contribution in [-0.2, 0) is 11.2 Å². The summed E-state index contributed by atoms with van der Waals surface area (Å²) in [6, 6.07) is 9.32. The van der Waals surface area contributed by atoms with Gasteiger partial charge < -0.3 is 16.4 Å². The molecule has 0 aliphatic heterocycles. The van der Waals surface area contributed by atoms with Crippen LogP contribution in [0, 0.1) is 5.41 Å². The van der Waals surface area contributed by atoms with E-state index in [4.69, 9.17) is 11.5 Å². The first-order valence-corrected chi connectivity index (χ1v) is 6.60. The second kappa shape index (κ2) is 6.68. The summed E-state index contributed by atoms with van der Waals surface area (Å²) < 4.78 is 0. The number of carbonyl (C=O) groups is 1. The number of carbonyl (C=O) groups excluding carboxylic acids is 1. The lowest BCUT2D eigenvalue weighted by atomic mass is 9.93. The molecule has 19 heavy (non-hydrogen) atoms. The van der Waals surface area contributed by atoms with E-state index in [1.54, 1.807) is 11.9 Å². The van der Waals surface area contributed by atoms with Crippen molar-refractivity contribution in [3.05, 3.63) is 35.9 Å². The third-order valence-corrected chi connectivity index (χ3v) is 3.21. The first kappa shape index (κ1) is 15.7. The maximum absolute atomic E-state index is 12.2. The van der Waals surface area contributed by atoms with Gasteiger partial charge in [-0.15, -0.1) is 0 Å². The Hall–Kier alpha value is -1.39. The van der Waals surface area contributed by atoms with Crippen molar-refractivity contribution >= 4 is 5.91 Å². The number of nitrogens with zero attached hydrogens (tertiary/aromatic N) is 1. The van der Waals surface area contributed by atoms with Crippen LogP contribution < -0.4 is 11.5 Å². The highest BCUT2D eigenvalue weighted by molar-refractivity contribution is 5.81. The van der Waals surface area contributed by atoms with Crippen molar-refractivity contribution in [2.45, 2.75) is 26.3 Å². The zero-order valence-electron chi connectivity index (χ0n) is 12.1. The van der Waals surface area contributed by atoms with Crippen LogP contribution in [0.2, 0.25) is 0 Å². The molecule has 0 aliphatic rings. The summed E-state index contributed by atoms with van der Waals surface area (Å²) in [6.07, 6.45) is 0.563. The molecule has 1 amide bonds. The Bertz CT molecular complexity index is 403. The molecule has 0 saturated heterocycles. The number of hydrogen-bond acceptors (Lipinski definition) is 3. The van der Waals surface area contributed by atoms with E-state index < -0.39 is 6.04 Å². The van der Waals surface area contributed by atoms with Crippen LogP contribution in [0.3, 0.4) is 0 Å². The number of nitrogens with two attached hydrogens (primary N) is 2. The molecule has 1 rings (SSSR count). The monoisotopic (exact) mass is 263 g/mol. The van der Waals surface area contributed by atoms with Gasteiger partial charge in [-0.25, -0.2) is 0 Å². The molecule has 4 nitrogen and oxygen atoms in total. The zero-order chi connectivity index (χ0) is 14.5. The Balaban J connectivity index is 2.57. The van der Waals surface area contributed by atoms with Crippen LogP contribution in [0.4, 0.5) is 0 Å². The summed E-state index contributed by atoms with van der Waals surface area (Å²) in [5.74, 6) is -0.0367. The van der Waals surface area contributed by atoms with Gasteiger partial charge in [0.1, 0.15) is 0 Å². The fourth-order valence-electron chi connectivity index (χ4n) is 2.02. The van der Waals surface area contributed by atoms with Crippen LogP contribution in [0.25, 0.3) is 0 Å². The minimum absolute atomic E-state index is 0.0367. The Kier molecular flexibility index (Phi) is 5.51. The maximum atomic E-state index is 12.2. The number of amides is 1. The minimum atomic E-state index is -0.499. The molecule has 0 bridgehead atoms. The van der Waals surface area contributed by atoms with E-state index in [1.165, 1.54) is 0 Å². The van der Waals surface area contributed by atoms with Gasteiger partial charge in [0.15, 0.2) is 0 Å². The molecule has 0 fully saturated rings. The van der Waals surface area contributed by atoms with Crippen LogP contribution in [0.5, 0.6) is 0 Å². The molecule has 4 N–H and O–H groups in total. The lowest BCUT2D eigenvalue weighted by Gasteiger charge is -2.30. The maximum Gasteiger partial charge on any atom is 0.239 e. The van der Waals surface area contributed by atoms with E-state index in [0.717, 1.165) is 5.56 Å². The van der Waals surface area contributed by atoms with Crippen molar-refractivity contribution in [1.82, 2.24) is 4.90 Å². The Labute approximate surface area is 115 Å². The van der Waals surface area contributed by atoms with Gasteiger partial charge in [-0.05, 0) is 23.9 Å². The van der Waals surface area contributed by atoms with Crippen LogP contribution >= 0.6 is 0 Å². The van der Waals surface area contributed by atoms with Gasteiger partial charge in [0, 0.05) is 13.6 Å². The molecule has 0 aliphatic carbocycles. The summed E-state index contributed by atoms with van der Waals surface area (Å²) in [6.45, 7) is 5.24. The van der Waals surface area contributed by atoms with Crippen molar-refractivity contribution in [3.8, 4) is 0 Å². The van der Waals surface area contributed by atoms with E-state index in [0.29, 0.717) is 19.5 Å². The topological polar surface area (TPSA) is 72.3 Å². The minimum Gasteiger partial charge on any atom is -0.344 e. The standard InChI is InChI=1S/C15H25N3O/c1-15(2,10-16)11-18(3)14(19)13(17)9-12-7-5-4-6-8-12/h4-8,13H,9-11,16-17H2,1-3H3/t13-/m0/s1. The molecular formula is C15H25N3O. The van der Waals surface area contributed by atoms with Crippen molar-refractivity contribution in [1.29, 1.82) is 0 Å². The van der Waals surface area contributed by atoms with Gasteiger partial charge in [-0.1, -0.05) is 44.2 Å². The average Bonchev–Trinajstić information content (AvgIpc) is 2.38. The highest BCUT2D eigenvalue weighted by Gasteiger charge is 2.24. The highest BCUT2D eigenvalue weighted by Crippen LogP contribution is 2.14. The predicted octanol–water partition coefficient (Wildman–Crippen LogP) is 1.000. The molecular weight excluding hydrogens is 238 g/mol. The van der Waals surface area contributed by atoms with E-state index >= 15 is 0 Å². The fraction of sp³-hybridized carbons (Fsp3) is 0.533. The SMILES string of the molecule is CN(CC(C)(C)CN)C(=O)[C@@H](N)Cc1ccccc1. The second-order valence-electron chi connectivity index (χ2n) is 5.86. The molecule has 0 unspecified atom stereocenters. The van der Waals surface area contributed by atoms with Gasteiger partial charge in [-0.3, -0.25) is 4.79 Å². The Morgan fingerprint density at radius 3 is 2.42 bits per heavy atom. The molecule has 0 aromatic heterocycles. The molecule has 0 heterocycles. The molecule has 0 spiro atoms. The molecule has 1 aromatic rings. The third-order valence-electron chi connectivity index (χ3n) is 3.21. The lowest BCUT2D eigenvalue weighted by molar-refractivity contribution is -0.132. The van der Waals surface area contributed by atoms with E-state index in [2.05, 4.69) is 0 Å². The zero-order valence-corrected chi connectivity index (χ0v) is 12.1. The quantitative estimate of drug-likeness (QED) is 0.804. The number of hydrogen-bond donors (Lipinski definition) is 2.